The number of H-pyrrole nitrogens is 1. The lowest BCUT2D eigenvalue weighted by molar-refractivity contribution is -0.131. The van der Waals surface area contributed by atoms with Crippen molar-refractivity contribution in [3.05, 3.63) is 81.6 Å². The number of nitrogens with zero attached hydrogens (tertiary/aromatic N) is 3. The molecule has 2 aromatic carbocycles. The number of hydrogen-bond donors (Lipinski definition) is 1. The lowest BCUT2D eigenvalue weighted by atomic mass is 10.1. The Bertz CT molecular complexity index is 1240. The Morgan fingerprint density at radius 3 is 2.48 bits per heavy atom. The summed E-state index contributed by atoms with van der Waals surface area (Å²) < 4.78 is 26.7. The zero-order valence-electron chi connectivity index (χ0n) is 16.7. The molecule has 8 heteroatoms. The summed E-state index contributed by atoms with van der Waals surface area (Å²) in [5.74, 6) is -0.936. The van der Waals surface area contributed by atoms with Crippen LogP contribution in [-0.2, 0) is 11.2 Å². The topological polar surface area (TPSA) is 60.8 Å². The number of aromatic nitrogens is 1. The molecule has 1 N–H and O–H groups in total. The van der Waals surface area contributed by atoms with Crippen molar-refractivity contribution in [1.29, 1.82) is 0 Å². The van der Waals surface area contributed by atoms with Crippen molar-refractivity contribution in [2.75, 3.05) is 31.1 Å². The number of carbonyl (C=O) groups is 1. The van der Waals surface area contributed by atoms with Crippen LogP contribution in [0, 0.1) is 18.2 Å². The fourth-order valence-electron chi connectivity index (χ4n) is 3.87. The van der Waals surface area contributed by atoms with E-state index in [0.717, 1.165) is 0 Å². The third-order valence-corrected chi connectivity index (χ3v) is 5.50. The summed E-state index contributed by atoms with van der Waals surface area (Å²) in [4.78, 5) is 34.7. The van der Waals surface area contributed by atoms with Crippen molar-refractivity contribution < 1.29 is 13.6 Å². The number of pyridine rings is 1. The zero-order valence-corrected chi connectivity index (χ0v) is 16.7. The minimum Gasteiger partial charge on any atom is -0.377 e. The number of halogens is 2. The summed E-state index contributed by atoms with van der Waals surface area (Å²) in [7, 11) is 0. The third kappa shape index (κ3) is 4.40. The quantitative estimate of drug-likeness (QED) is 0.653. The summed E-state index contributed by atoms with van der Waals surface area (Å²) in [6.45, 7) is 9.35. The first-order valence-corrected chi connectivity index (χ1v) is 9.96. The van der Waals surface area contributed by atoms with Crippen LogP contribution in [0.3, 0.4) is 0 Å². The summed E-state index contributed by atoms with van der Waals surface area (Å²) in [5.41, 5.74) is 1.20. The van der Waals surface area contributed by atoms with Crippen LogP contribution in [0.2, 0.25) is 0 Å². The number of amides is 1. The molecule has 0 bridgehead atoms. The molecule has 0 atom stereocenters. The van der Waals surface area contributed by atoms with Crippen LogP contribution in [0.4, 0.5) is 20.2 Å². The fourth-order valence-corrected chi connectivity index (χ4v) is 3.87. The van der Waals surface area contributed by atoms with Gasteiger partial charge < -0.3 is 14.8 Å². The van der Waals surface area contributed by atoms with Gasteiger partial charge in [-0.3, -0.25) is 9.59 Å². The number of benzene rings is 2. The highest BCUT2D eigenvalue weighted by Gasteiger charge is 2.22. The minimum absolute atomic E-state index is 0.0239. The van der Waals surface area contributed by atoms with Crippen molar-refractivity contribution in [2.45, 2.75) is 12.8 Å². The Balaban J connectivity index is 1.37. The van der Waals surface area contributed by atoms with Gasteiger partial charge >= 0.3 is 0 Å². The molecule has 1 aliphatic rings. The van der Waals surface area contributed by atoms with Crippen LogP contribution in [0.5, 0.6) is 0 Å². The Hall–Kier alpha value is -3.73. The van der Waals surface area contributed by atoms with Crippen molar-refractivity contribution in [3.8, 4) is 0 Å². The standard InChI is InChI=1S/C23H20F2N4O2/c1-26-20-14-17(25)4-6-21(20)28-8-10-29(11-9-28)22(30)7-5-18-12-15-2-3-16(24)13-19(15)23(31)27-18/h2-4,6,12-14H,5,7-11H2,(H,27,31). The van der Waals surface area contributed by atoms with Crippen LogP contribution < -0.4 is 10.5 Å². The first kappa shape index (κ1) is 20.5. The van der Waals surface area contributed by atoms with Crippen LogP contribution in [0.25, 0.3) is 15.6 Å². The number of carbonyl (C=O) groups excluding carboxylic acids is 1. The minimum atomic E-state index is -0.468. The van der Waals surface area contributed by atoms with Gasteiger partial charge in [0.2, 0.25) is 11.6 Å². The molecule has 0 radical (unpaired) electrons. The van der Waals surface area contributed by atoms with E-state index < -0.39 is 11.6 Å². The molecular weight excluding hydrogens is 402 g/mol. The monoisotopic (exact) mass is 422 g/mol. The highest BCUT2D eigenvalue weighted by molar-refractivity contribution is 5.82. The predicted molar refractivity (Wildman–Crippen MR) is 114 cm³/mol. The van der Waals surface area contributed by atoms with E-state index in [0.29, 0.717) is 49.4 Å². The molecule has 31 heavy (non-hydrogen) atoms. The van der Waals surface area contributed by atoms with E-state index in [1.54, 1.807) is 23.1 Å². The SMILES string of the molecule is [C-]#[N+]c1cc(F)ccc1N1CCN(C(=O)CCc2cc3ccc(F)cc3c(=O)[nH]2)CC1. The maximum Gasteiger partial charge on any atom is 0.256 e. The van der Waals surface area contributed by atoms with Crippen molar-refractivity contribution in [1.82, 2.24) is 9.88 Å². The zero-order chi connectivity index (χ0) is 22.0. The molecule has 1 aromatic heterocycles. The first-order valence-electron chi connectivity index (χ1n) is 9.96. The summed E-state index contributed by atoms with van der Waals surface area (Å²) >= 11 is 0. The van der Waals surface area contributed by atoms with Crippen LogP contribution >= 0.6 is 0 Å². The Morgan fingerprint density at radius 2 is 1.74 bits per heavy atom. The molecule has 3 aromatic rings. The molecule has 1 aliphatic heterocycles. The van der Waals surface area contributed by atoms with Crippen LogP contribution in [-0.4, -0.2) is 42.0 Å². The second-order valence-electron chi connectivity index (χ2n) is 7.47. The van der Waals surface area contributed by atoms with Crippen molar-refractivity contribution in [2.24, 2.45) is 0 Å². The third-order valence-electron chi connectivity index (χ3n) is 5.50. The van der Waals surface area contributed by atoms with Gasteiger partial charge in [-0.25, -0.2) is 13.6 Å². The van der Waals surface area contributed by atoms with Crippen LogP contribution in [0.1, 0.15) is 12.1 Å². The van der Waals surface area contributed by atoms with E-state index in [9.17, 15) is 18.4 Å². The number of rotatable bonds is 4. The number of anilines is 1. The lowest BCUT2D eigenvalue weighted by Crippen LogP contribution is -2.48. The van der Waals surface area contributed by atoms with Gasteiger partial charge in [0, 0.05) is 49.4 Å². The Kier molecular flexibility index (Phi) is 5.67. The van der Waals surface area contributed by atoms with E-state index in [1.165, 1.54) is 24.3 Å². The number of aromatic amines is 1. The average Bonchev–Trinajstić information content (AvgIpc) is 2.78. The molecule has 1 saturated heterocycles. The van der Waals surface area contributed by atoms with E-state index in [-0.39, 0.29) is 29.0 Å². The smallest absolute Gasteiger partial charge is 0.256 e. The van der Waals surface area contributed by atoms with Crippen molar-refractivity contribution >= 4 is 28.1 Å². The highest BCUT2D eigenvalue weighted by Crippen LogP contribution is 2.30. The first-order chi connectivity index (χ1) is 14.9. The fraction of sp³-hybridized carbons (Fsp3) is 0.261. The van der Waals surface area contributed by atoms with Gasteiger partial charge in [-0.15, -0.1) is 0 Å². The van der Waals surface area contributed by atoms with Gasteiger partial charge in [0.05, 0.1) is 6.57 Å². The average molecular weight is 422 g/mol. The summed E-state index contributed by atoms with van der Waals surface area (Å²) in [6.07, 6.45) is 0.619. The molecule has 1 amide bonds. The van der Waals surface area contributed by atoms with Gasteiger partial charge in [-0.2, -0.15) is 0 Å². The summed E-state index contributed by atoms with van der Waals surface area (Å²) in [5, 5.41) is 0.918. The molecule has 6 nitrogen and oxygen atoms in total. The molecule has 0 aliphatic carbocycles. The van der Waals surface area contributed by atoms with E-state index in [1.807, 2.05) is 4.90 Å². The molecule has 0 spiro atoms. The molecule has 158 valence electrons. The van der Waals surface area contributed by atoms with Gasteiger partial charge in [-0.1, -0.05) is 6.07 Å². The van der Waals surface area contributed by atoms with Gasteiger partial charge in [-0.05, 0) is 48.2 Å². The molecule has 2 heterocycles. The number of aryl methyl sites for hydroxylation is 1. The second-order valence-corrected chi connectivity index (χ2v) is 7.47. The molecular formula is C23H20F2N4O2. The van der Waals surface area contributed by atoms with E-state index in [2.05, 4.69) is 9.83 Å². The van der Waals surface area contributed by atoms with Gasteiger partial charge in [0.25, 0.3) is 5.56 Å². The number of hydrogen-bond acceptors (Lipinski definition) is 3. The van der Waals surface area contributed by atoms with E-state index >= 15 is 0 Å². The van der Waals surface area contributed by atoms with E-state index in [4.69, 9.17) is 6.57 Å². The van der Waals surface area contributed by atoms with Gasteiger partial charge in [0.15, 0.2) is 0 Å². The van der Waals surface area contributed by atoms with Crippen LogP contribution in [0.15, 0.2) is 47.3 Å². The highest BCUT2D eigenvalue weighted by atomic mass is 19.1. The molecule has 4 rings (SSSR count). The Morgan fingerprint density at radius 1 is 1.03 bits per heavy atom. The predicted octanol–water partition coefficient (Wildman–Crippen LogP) is 3.64. The molecule has 0 saturated carbocycles. The number of nitrogens with one attached hydrogen (secondary N) is 1. The normalized spacial score (nSPS) is 14.0. The number of piperazine rings is 1. The number of fused-ring (bicyclic) bond motifs is 1. The maximum atomic E-state index is 13.4. The molecule has 1 fully saturated rings. The van der Waals surface area contributed by atoms with Crippen molar-refractivity contribution in [3.63, 3.8) is 0 Å². The largest absolute Gasteiger partial charge is 0.377 e. The molecule has 0 unspecified atom stereocenters. The summed E-state index contributed by atoms with van der Waals surface area (Å²) in [6, 6.07) is 9.97. The van der Waals surface area contributed by atoms with Gasteiger partial charge in [0.1, 0.15) is 11.6 Å². The Labute approximate surface area is 177 Å². The lowest BCUT2D eigenvalue weighted by Gasteiger charge is -2.36. The maximum absolute atomic E-state index is 13.4. The second kappa shape index (κ2) is 8.56.